The number of amides is 1. The van der Waals surface area contributed by atoms with E-state index in [0.29, 0.717) is 88.5 Å². The van der Waals surface area contributed by atoms with Gasteiger partial charge in [0.05, 0.1) is 52.3 Å². The lowest BCUT2D eigenvalue weighted by Crippen LogP contribution is -2.44. The quantitative estimate of drug-likeness (QED) is 0.144. The summed E-state index contributed by atoms with van der Waals surface area (Å²) in [5.74, 6) is 2.12. The van der Waals surface area contributed by atoms with Crippen molar-refractivity contribution in [2.75, 3.05) is 53.2 Å². The van der Waals surface area contributed by atoms with Gasteiger partial charge >= 0.3 is 5.97 Å². The number of carbonyl (C=O) groups is 2. The van der Waals surface area contributed by atoms with Crippen LogP contribution in [0.1, 0.15) is 79.3 Å². The van der Waals surface area contributed by atoms with Crippen LogP contribution in [0.15, 0.2) is 42.5 Å². The Morgan fingerprint density at radius 1 is 0.725 bits per heavy atom. The SMILES string of the molecule is CCOC(=O)c1cc(OCC)c(Cl)c(OCC)c1.CCOc1cc(CN2CCC(NC(=O)c3cc(CO)cc(OC)c3)CC2)cc(OCC)c1Cl. The molecule has 0 bridgehead atoms. The predicted molar refractivity (Wildman–Crippen MR) is 198 cm³/mol. The van der Waals surface area contributed by atoms with E-state index in [0.717, 1.165) is 38.0 Å². The number of esters is 1. The number of hydrogen-bond acceptors (Lipinski definition) is 10. The maximum atomic E-state index is 12.7. The van der Waals surface area contributed by atoms with Crippen LogP contribution >= 0.6 is 23.2 Å². The van der Waals surface area contributed by atoms with Crippen molar-refractivity contribution in [3.8, 4) is 28.7 Å². The zero-order chi connectivity index (χ0) is 37.3. The van der Waals surface area contributed by atoms with Crippen LogP contribution in [0.4, 0.5) is 0 Å². The van der Waals surface area contributed by atoms with Crippen molar-refractivity contribution in [3.63, 3.8) is 0 Å². The standard InChI is InChI=1S/C25H33ClN2O5.C13H17ClO4/c1-4-32-22-12-17(13-23(24(22)26)33-5-2)15-28-8-6-20(7-9-28)27-25(30)19-10-18(16-29)11-21(14-19)31-3;1-4-16-10-7-9(13(15)18-6-3)8-11(12(10)14)17-5-2/h10-14,20,29H,4-9,15-16H2,1-3H3,(H,27,30);7-8H,4-6H2,1-3H3. The number of halogens is 2. The Morgan fingerprint density at radius 2 is 1.24 bits per heavy atom. The fourth-order valence-corrected chi connectivity index (χ4v) is 5.86. The van der Waals surface area contributed by atoms with Crippen molar-refractivity contribution in [2.45, 2.75) is 66.7 Å². The molecule has 1 saturated heterocycles. The van der Waals surface area contributed by atoms with Gasteiger partial charge in [-0.1, -0.05) is 23.2 Å². The smallest absolute Gasteiger partial charge is 0.338 e. The van der Waals surface area contributed by atoms with E-state index in [1.165, 1.54) is 0 Å². The van der Waals surface area contributed by atoms with Gasteiger partial charge in [-0.25, -0.2) is 4.79 Å². The Kier molecular flexibility index (Phi) is 17.5. The van der Waals surface area contributed by atoms with Crippen LogP contribution in [-0.2, 0) is 17.9 Å². The van der Waals surface area contributed by atoms with Crippen molar-refractivity contribution in [1.29, 1.82) is 0 Å². The summed E-state index contributed by atoms with van der Waals surface area (Å²) in [7, 11) is 1.54. The highest BCUT2D eigenvalue weighted by Gasteiger charge is 2.23. The molecule has 11 nitrogen and oxygen atoms in total. The summed E-state index contributed by atoms with van der Waals surface area (Å²) in [5, 5.41) is 13.4. The van der Waals surface area contributed by atoms with Gasteiger partial charge in [0.15, 0.2) is 0 Å². The number of rotatable bonds is 16. The number of benzene rings is 3. The Bertz CT molecular complexity index is 1500. The van der Waals surface area contributed by atoms with Crippen LogP contribution in [0.2, 0.25) is 10.0 Å². The normalized spacial score (nSPS) is 13.0. The molecule has 0 atom stereocenters. The lowest BCUT2D eigenvalue weighted by molar-refractivity contribution is 0.0525. The third-order valence-electron chi connectivity index (χ3n) is 7.76. The van der Waals surface area contributed by atoms with Crippen molar-refractivity contribution >= 4 is 35.1 Å². The van der Waals surface area contributed by atoms with Crippen LogP contribution < -0.4 is 29.0 Å². The molecule has 2 N–H and O–H groups in total. The van der Waals surface area contributed by atoms with Crippen LogP contribution in [-0.4, -0.2) is 81.2 Å². The van der Waals surface area contributed by atoms with Gasteiger partial charge in [0.1, 0.15) is 38.8 Å². The fourth-order valence-electron chi connectivity index (χ4n) is 5.43. The minimum absolute atomic E-state index is 0.0979. The Balaban J connectivity index is 0.000000330. The van der Waals surface area contributed by atoms with E-state index in [1.54, 1.807) is 44.4 Å². The van der Waals surface area contributed by atoms with Crippen molar-refractivity contribution in [3.05, 3.63) is 74.8 Å². The Hall–Kier alpha value is -3.90. The number of piperidine rings is 1. The zero-order valence-corrected chi connectivity index (χ0v) is 31.8. The van der Waals surface area contributed by atoms with Crippen molar-refractivity contribution < 1.29 is 43.1 Å². The predicted octanol–water partition coefficient (Wildman–Crippen LogP) is 7.35. The summed E-state index contributed by atoms with van der Waals surface area (Å²) in [4.78, 5) is 26.8. The topological polar surface area (TPSA) is 125 Å². The van der Waals surface area contributed by atoms with E-state index in [4.69, 9.17) is 51.6 Å². The molecule has 1 amide bonds. The number of likely N-dealkylation sites (tertiary alicyclic amines) is 1. The number of aliphatic hydroxyl groups excluding tert-OH is 1. The molecule has 280 valence electrons. The lowest BCUT2D eigenvalue weighted by Gasteiger charge is -2.32. The largest absolute Gasteiger partial charge is 0.497 e. The summed E-state index contributed by atoms with van der Waals surface area (Å²) in [6.45, 7) is 13.9. The molecule has 0 spiro atoms. The average Bonchev–Trinajstić information content (AvgIpc) is 3.13. The molecule has 0 aromatic heterocycles. The molecule has 1 aliphatic rings. The zero-order valence-electron chi connectivity index (χ0n) is 30.3. The number of nitrogens with zero attached hydrogens (tertiary/aromatic N) is 1. The molecule has 0 unspecified atom stereocenters. The average molecular weight is 750 g/mol. The maximum Gasteiger partial charge on any atom is 0.338 e. The number of aliphatic hydroxyl groups is 1. The van der Waals surface area contributed by atoms with Gasteiger partial charge in [-0.2, -0.15) is 0 Å². The number of ether oxygens (including phenoxy) is 6. The Labute approximate surface area is 311 Å². The van der Waals surface area contributed by atoms with Crippen LogP contribution in [0.3, 0.4) is 0 Å². The van der Waals surface area contributed by atoms with Crippen molar-refractivity contribution in [1.82, 2.24) is 10.2 Å². The van der Waals surface area contributed by atoms with E-state index in [9.17, 15) is 14.7 Å². The van der Waals surface area contributed by atoms with Gasteiger partial charge in [-0.15, -0.1) is 0 Å². The minimum Gasteiger partial charge on any atom is -0.497 e. The first-order valence-corrected chi connectivity index (χ1v) is 18.0. The second-order valence-electron chi connectivity index (χ2n) is 11.4. The second-order valence-corrected chi connectivity index (χ2v) is 12.2. The molecule has 51 heavy (non-hydrogen) atoms. The number of nitrogens with one attached hydrogen (secondary N) is 1. The summed E-state index contributed by atoms with van der Waals surface area (Å²) in [6.07, 6.45) is 1.71. The van der Waals surface area contributed by atoms with E-state index < -0.39 is 5.97 Å². The van der Waals surface area contributed by atoms with Crippen LogP contribution in [0.5, 0.6) is 28.7 Å². The fraction of sp³-hybridized carbons (Fsp3) is 0.474. The van der Waals surface area contributed by atoms with Crippen LogP contribution in [0.25, 0.3) is 0 Å². The summed E-state index contributed by atoms with van der Waals surface area (Å²) in [5.41, 5.74) is 2.60. The van der Waals surface area contributed by atoms with E-state index in [2.05, 4.69) is 10.2 Å². The molecular weight excluding hydrogens is 699 g/mol. The monoisotopic (exact) mass is 748 g/mol. The van der Waals surface area contributed by atoms with Gasteiger partial charge in [0.2, 0.25) is 0 Å². The molecule has 1 heterocycles. The highest BCUT2D eigenvalue weighted by Crippen LogP contribution is 2.37. The van der Waals surface area contributed by atoms with Gasteiger partial charge in [0.25, 0.3) is 5.91 Å². The molecule has 3 aromatic carbocycles. The number of methoxy groups -OCH3 is 1. The molecular formula is C38H50Cl2N2O9. The molecule has 0 aliphatic carbocycles. The van der Waals surface area contributed by atoms with E-state index in [1.807, 2.05) is 39.8 Å². The van der Waals surface area contributed by atoms with Gasteiger partial charge in [0, 0.05) is 31.2 Å². The lowest BCUT2D eigenvalue weighted by atomic mass is 10.0. The molecule has 0 radical (unpaired) electrons. The summed E-state index contributed by atoms with van der Waals surface area (Å²) in [6, 6.07) is 12.3. The molecule has 1 fully saturated rings. The molecule has 4 rings (SSSR count). The van der Waals surface area contributed by atoms with Crippen molar-refractivity contribution in [2.24, 2.45) is 0 Å². The maximum absolute atomic E-state index is 12.7. The van der Waals surface area contributed by atoms with E-state index >= 15 is 0 Å². The first-order chi connectivity index (χ1) is 24.6. The highest BCUT2D eigenvalue weighted by atomic mass is 35.5. The first-order valence-electron chi connectivity index (χ1n) is 17.3. The minimum atomic E-state index is -0.420. The third kappa shape index (κ3) is 12.4. The molecule has 13 heteroatoms. The molecule has 3 aromatic rings. The number of hydrogen-bond donors (Lipinski definition) is 2. The summed E-state index contributed by atoms with van der Waals surface area (Å²) < 4.78 is 32.3. The van der Waals surface area contributed by atoms with E-state index in [-0.39, 0.29) is 18.6 Å². The van der Waals surface area contributed by atoms with Gasteiger partial charge < -0.3 is 38.8 Å². The second kappa shape index (κ2) is 21.5. The van der Waals surface area contributed by atoms with Crippen LogP contribution in [0, 0.1) is 0 Å². The summed E-state index contributed by atoms with van der Waals surface area (Å²) >= 11 is 12.5. The number of carbonyl (C=O) groups excluding carboxylic acids is 2. The Morgan fingerprint density at radius 3 is 1.69 bits per heavy atom. The highest BCUT2D eigenvalue weighted by molar-refractivity contribution is 6.34. The third-order valence-corrected chi connectivity index (χ3v) is 8.50. The van der Waals surface area contributed by atoms with Gasteiger partial charge in [-0.05, 0) is 101 Å². The molecule has 1 aliphatic heterocycles. The first kappa shape index (κ1) is 41.5. The molecule has 0 saturated carbocycles. The van der Waals surface area contributed by atoms with Gasteiger partial charge in [-0.3, -0.25) is 9.69 Å².